The van der Waals surface area contributed by atoms with Crippen LogP contribution in [0.4, 0.5) is 4.79 Å². The maximum absolute atomic E-state index is 13.8. The fraction of sp³-hybridized carbons (Fsp3) is 0.400. The van der Waals surface area contributed by atoms with E-state index in [-0.39, 0.29) is 37.4 Å². The molecule has 2 N–H and O–H groups in total. The Hall–Kier alpha value is -4.96. The minimum Gasteiger partial charge on any atom is -0.457 e. The highest BCUT2D eigenvalue weighted by atomic mass is 16.5. The maximum Gasteiger partial charge on any atom is 0.338 e. The van der Waals surface area contributed by atoms with Crippen LogP contribution in [0, 0.1) is 0 Å². The van der Waals surface area contributed by atoms with Crippen LogP contribution in [-0.2, 0) is 25.7 Å². The van der Waals surface area contributed by atoms with Crippen molar-refractivity contribution in [1.82, 2.24) is 25.3 Å². The summed E-state index contributed by atoms with van der Waals surface area (Å²) >= 11 is 0. The average molecular weight is 682 g/mol. The fourth-order valence-electron chi connectivity index (χ4n) is 5.92. The fourth-order valence-corrected chi connectivity index (χ4v) is 5.92. The van der Waals surface area contributed by atoms with Crippen molar-refractivity contribution in [1.29, 1.82) is 0 Å². The van der Waals surface area contributed by atoms with Crippen LogP contribution in [0.5, 0.6) is 0 Å². The summed E-state index contributed by atoms with van der Waals surface area (Å²) in [6, 6.07) is 25.5. The highest BCUT2D eigenvalue weighted by Crippen LogP contribution is 2.33. The zero-order chi connectivity index (χ0) is 36.0. The van der Waals surface area contributed by atoms with E-state index in [4.69, 9.17) is 4.74 Å². The molecular weight excluding hydrogens is 630 g/mol. The van der Waals surface area contributed by atoms with Gasteiger partial charge in [-0.1, -0.05) is 98.3 Å². The van der Waals surface area contributed by atoms with Gasteiger partial charge < -0.3 is 25.2 Å². The molecule has 10 heteroatoms. The molecule has 3 aromatic carbocycles. The number of rotatable bonds is 17. The lowest BCUT2D eigenvalue weighted by Gasteiger charge is -2.35. The van der Waals surface area contributed by atoms with Crippen molar-refractivity contribution in [2.45, 2.75) is 65.1 Å². The number of esters is 1. The molecule has 0 aliphatic carbocycles. The summed E-state index contributed by atoms with van der Waals surface area (Å²) in [5.41, 5.74) is 4.50. The molecule has 0 bridgehead atoms. The third-order valence-corrected chi connectivity index (χ3v) is 8.94. The van der Waals surface area contributed by atoms with E-state index < -0.39 is 18.1 Å². The number of carbonyl (C=O) groups is 4. The smallest absolute Gasteiger partial charge is 0.338 e. The topological polar surface area (TPSA) is 111 Å². The molecule has 0 saturated carbocycles. The predicted molar refractivity (Wildman–Crippen MR) is 196 cm³/mol. The standard InChI is InChI=1S/C40H51N5O5/c1-6-7-24-41-38(47)30(3)44(27-26-43(4)5)35(46)19-14-25-45-29(2)36(39(48)50-28-31-15-10-8-11-16-31)37(42-40(45)49)34-22-20-33(21-23-34)32-17-12-9-13-18-32/h8-13,15-18,20-23,30,37H,6-7,14,19,24-28H2,1-5H3,(H,41,47)(H,42,49). The van der Waals surface area contributed by atoms with Crippen LogP contribution in [0.3, 0.4) is 0 Å². The van der Waals surface area contributed by atoms with Gasteiger partial charge in [-0.15, -0.1) is 0 Å². The van der Waals surface area contributed by atoms with Gasteiger partial charge in [0.1, 0.15) is 12.6 Å². The summed E-state index contributed by atoms with van der Waals surface area (Å²) < 4.78 is 5.79. The summed E-state index contributed by atoms with van der Waals surface area (Å²) in [4.78, 5) is 58.9. The number of amides is 4. The number of urea groups is 1. The molecule has 0 radical (unpaired) electrons. The Morgan fingerprint density at radius 3 is 2.18 bits per heavy atom. The second-order valence-electron chi connectivity index (χ2n) is 12.9. The number of nitrogens with zero attached hydrogens (tertiary/aromatic N) is 3. The van der Waals surface area contributed by atoms with Gasteiger partial charge in [-0.3, -0.25) is 14.5 Å². The molecule has 10 nitrogen and oxygen atoms in total. The number of benzene rings is 3. The van der Waals surface area contributed by atoms with Crippen LogP contribution in [0.1, 0.15) is 63.6 Å². The summed E-state index contributed by atoms with van der Waals surface area (Å²) in [5.74, 6) is -0.869. The van der Waals surface area contributed by atoms with Crippen molar-refractivity contribution in [2.75, 3.05) is 40.3 Å². The lowest BCUT2D eigenvalue weighted by atomic mass is 9.93. The summed E-state index contributed by atoms with van der Waals surface area (Å²) in [7, 11) is 3.85. The van der Waals surface area contributed by atoms with Gasteiger partial charge >= 0.3 is 12.0 Å². The number of ether oxygens (including phenoxy) is 1. The molecule has 0 spiro atoms. The van der Waals surface area contributed by atoms with Crippen LogP contribution in [0.25, 0.3) is 11.1 Å². The first kappa shape index (κ1) is 37.9. The Kier molecular flexibility index (Phi) is 14.2. The first-order valence-corrected chi connectivity index (χ1v) is 17.5. The summed E-state index contributed by atoms with van der Waals surface area (Å²) in [5, 5.41) is 5.96. The third kappa shape index (κ3) is 10.3. The molecule has 2 atom stereocenters. The Morgan fingerprint density at radius 1 is 0.900 bits per heavy atom. The lowest BCUT2D eigenvalue weighted by molar-refractivity contribution is -0.141. The lowest BCUT2D eigenvalue weighted by Crippen LogP contribution is -2.50. The SMILES string of the molecule is CCCCNC(=O)C(C)N(CCN(C)C)C(=O)CCCN1C(=O)NC(c2ccc(-c3ccccc3)cc2)C(C(=O)OCc2ccccc2)=C1C. The molecule has 0 saturated heterocycles. The number of allylic oxidation sites excluding steroid dienone is 1. The highest BCUT2D eigenvalue weighted by molar-refractivity contribution is 5.95. The zero-order valence-electron chi connectivity index (χ0n) is 30.0. The summed E-state index contributed by atoms with van der Waals surface area (Å²) in [6.45, 7) is 7.43. The van der Waals surface area contributed by atoms with Gasteiger partial charge in [-0.05, 0) is 63.0 Å². The predicted octanol–water partition coefficient (Wildman–Crippen LogP) is 5.91. The van der Waals surface area contributed by atoms with Gasteiger partial charge in [0.25, 0.3) is 0 Å². The first-order chi connectivity index (χ1) is 24.1. The van der Waals surface area contributed by atoms with E-state index in [0.29, 0.717) is 37.3 Å². The molecular formula is C40H51N5O5. The van der Waals surface area contributed by atoms with Gasteiger partial charge in [0.05, 0.1) is 11.6 Å². The Bertz CT molecular complexity index is 1610. The van der Waals surface area contributed by atoms with E-state index in [1.54, 1.807) is 18.7 Å². The van der Waals surface area contributed by atoms with Crippen LogP contribution < -0.4 is 10.6 Å². The van der Waals surface area contributed by atoms with Crippen molar-refractivity contribution >= 4 is 23.8 Å². The minimum atomic E-state index is -0.720. The van der Waals surface area contributed by atoms with Gasteiger partial charge in [0.2, 0.25) is 11.8 Å². The van der Waals surface area contributed by atoms with Gasteiger partial charge in [-0.25, -0.2) is 9.59 Å². The van der Waals surface area contributed by atoms with E-state index in [9.17, 15) is 19.2 Å². The molecule has 266 valence electrons. The van der Waals surface area contributed by atoms with E-state index in [0.717, 1.165) is 35.1 Å². The quantitative estimate of drug-likeness (QED) is 0.135. The van der Waals surface area contributed by atoms with Crippen molar-refractivity contribution in [3.8, 4) is 11.1 Å². The van der Waals surface area contributed by atoms with Crippen molar-refractivity contribution in [3.05, 3.63) is 107 Å². The number of nitrogens with one attached hydrogen (secondary N) is 2. The molecule has 0 aromatic heterocycles. The van der Waals surface area contributed by atoms with E-state index in [1.807, 2.05) is 104 Å². The second kappa shape index (κ2) is 18.7. The van der Waals surface area contributed by atoms with Crippen molar-refractivity contribution in [2.24, 2.45) is 0 Å². The molecule has 4 rings (SSSR count). The maximum atomic E-state index is 13.8. The Balaban J connectivity index is 1.53. The zero-order valence-corrected chi connectivity index (χ0v) is 30.0. The molecule has 1 aliphatic heterocycles. The number of hydrogen-bond acceptors (Lipinski definition) is 6. The largest absolute Gasteiger partial charge is 0.457 e. The van der Waals surface area contributed by atoms with Gasteiger partial charge in [0, 0.05) is 38.3 Å². The molecule has 2 unspecified atom stereocenters. The molecule has 4 amide bonds. The minimum absolute atomic E-state index is 0.0888. The molecule has 50 heavy (non-hydrogen) atoms. The Morgan fingerprint density at radius 2 is 1.54 bits per heavy atom. The molecule has 1 aliphatic rings. The highest BCUT2D eigenvalue weighted by Gasteiger charge is 2.36. The average Bonchev–Trinajstić information content (AvgIpc) is 3.12. The van der Waals surface area contributed by atoms with Crippen LogP contribution in [0.15, 0.2) is 96.2 Å². The van der Waals surface area contributed by atoms with Gasteiger partial charge in [0.15, 0.2) is 0 Å². The Labute approximate surface area is 296 Å². The van der Waals surface area contributed by atoms with Crippen molar-refractivity contribution in [3.63, 3.8) is 0 Å². The molecule has 0 fully saturated rings. The number of likely N-dealkylation sites (N-methyl/N-ethyl adjacent to an activating group) is 1. The number of carbonyl (C=O) groups excluding carboxylic acids is 4. The number of unbranched alkanes of at least 4 members (excludes halogenated alkanes) is 1. The first-order valence-electron chi connectivity index (χ1n) is 17.5. The van der Waals surface area contributed by atoms with Crippen molar-refractivity contribution < 1.29 is 23.9 Å². The normalized spacial score (nSPS) is 15.0. The van der Waals surface area contributed by atoms with Crippen LogP contribution in [-0.4, -0.2) is 84.8 Å². The van der Waals surface area contributed by atoms with Crippen LogP contribution >= 0.6 is 0 Å². The van der Waals surface area contributed by atoms with E-state index in [2.05, 4.69) is 17.6 Å². The van der Waals surface area contributed by atoms with E-state index in [1.165, 1.54) is 4.90 Å². The van der Waals surface area contributed by atoms with E-state index >= 15 is 0 Å². The molecule has 1 heterocycles. The number of hydrogen-bond donors (Lipinski definition) is 2. The van der Waals surface area contributed by atoms with Gasteiger partial charge in [-0.2, -0.15) is 0 Å². The van der Waals surface area contributed by atoms with Crippen LogP contribution in [0.2, 0.25) is 0 Å². The second-order valence-corrected chi connectivity index (χ2v) is 12.9. The monoisotopic (exact) mass is 681 g/mol. The third-order valence-electron chi connectivity index (χ3n) is 8.94. The summed E-state index contributed by atoms with van der Waals surface area (Å²) in [6.07, 6.45) is 2.31. The molecule has 3 aromatic rings.